The van der Waals surface area contributed by atoms with Crippen LogP contribution in [0, 0.1) is 12.8 Å². The fraction of sp³-hybridized carbons (Fsp3) is 0.435. The largest absolute Gasteiger partial charge is 0.441 e. The van der Waals surface area contributed by atoms with Crippen LogP contribution >= 0.6 is 0 Å². The van der Waals surface area contributed by atoms with E-state index in [-0.39, 0.29) is 11.7 Å². The molecule has 1 aromatic carbocycles. The Morgan fingerprint density at radius 3 is 2.58 bits per heavy atom. The van der Waals surface area contributed by atoms with E-state index in [9.17, 15) is 9.59 Å². The number of anilines is 2. The lowest BCUT2D eigenvalue weighted by Crippen LogP contribution is -2.39. The molecule has 0 radical (unpaired) electrons. The predicted molar refractivity (Wildman–Crippen MR) is 123 cm³/mol. The Hall–Kier alpha value is -3.29. The molecule has 0 aliphatic rings. The molecule has 3 aromatic rings. The normalized spacial score (nSPS) is 11.3. The summed E-state index contributed by atoms with van der Waals surface area (Å²) in [5.41, 5.74) is 7.30. The molecule has 3 rings (SSSR count). The van der Waals surface area contributed by atoms with Crippen LogP contribution < -0.4 is 21.9 Å². The number of aromatic nitrogens is 3. The van der Waals surface area contributed by atoms with Gasteiger partial charge in [-0.15, -0.1) is 0 Å². The summed E-state index contributed by atoms with van der Waals surface area (Å²) in [6.45, 7) is 9.33. The third kappa shape index (κ3) is 5.07. The van der Waals surface area contributed by atoms with Gasteiger partial charge in [-0.25, -0.2) is 9.78 Å². The highest BCUT2D eigenvalue weighted by Crippen LogP contribution is 2.25. The van der Waals surface area contributed by atoms with Crippen molar-refractivity contribution in [3.63, 3.8) is 0 Å². The number of aromatic amines is 1. The summed E-state index contributed by atoms with van der Waals surface area (Å²) in [4.78, 5) is 34.1. The first-order chi connectivity index (χ1) is 14.8. The van der Waals surface area contributed by atoms with Crippen molar-refractivity contribution in [1.82, 2.24) is 14.5 Å². The van der Waals surface area contributed by atoms with E-state index in [1.165, 1.54) is 4.57 Å². The molecule has 3 N–H and O–H groups in total. The van der Waals surface area contributed by atoms with Crippen molar-refractivity contribution >= 4 is 11.5 Å². The number of benzene rings is 1. The minimum Gasteiger partial charge on any atom is -0.441 e. The molecule has 8 nitrogen and oxygen atoms in total. The Balaban J connectivity index is 2.02. The number of H-pyrrole nitrogens is 1. The van der Waals surface area contributed by atoms with E-state index >= 15 is 0 Å². The van der Waals surface area contributed by atoms with Crippen LogP contribution in [-0.2, 0) is 13.1 Å². The molecule has 0 aliphatic carbocycles. The lowest BCUT2D eigenvalue weighted by molar-refractivity contribution is 0.506. The van der Waals surface area contributed by atoms with Crippen molar-refractivity contribution in [2.24, 2.45) is 5.92 Å². The number of hydrogen-bond donors (Lipinski definition) is 2. The summed E-state index contributed by atoms with van der Waals surface area (Å²) < 4.78 is 7.32. The standard InChI is InChI=1S/C23H31N5O3/c1-5-6-12-27(19-20(24)28(13-15(2)3)23(30)26-21(19)29)14-18-16(4)31-22(25-18)17-10-8-7-9-11-17/h7-11,15H,5-6,12-14,24H2,1-4H3,(H,26,29,30). The van der Waals surface area contributed by atoms with Crippen molar-refractivity contribution < 1.29 is 4.42 Å². The van der Waals surface area contributed by atoms with E-state index in [1.54, 1.807) is 0 Å². The number of nitrogens with one attached hydrogen (secondary N) is 1. The molecule has 0 bridgehead atoms. The van der Waals surface area contributed by atoms with Crippen molar-refractivity contribution in [3.05, 3.63) is 62.6 Å². The second kappa shape index (κ2) is 9.68. The van der Waals surface area contributed by atoms with Gasteiger partial charge >= 0.3 is 5.69 Å². The summed E-state index contributed by atoms with van der Waals surface area (Å²) in [6.07, 6.45) is 1.82. The molecule has 0 unspecified atom stereocenters. The summed E-state index contributed by atoms with van der Waals surface area (Å²) in [5.74, 6) is 1.61. The van der Waals surface area contributed by atoms with E-state index in [0.29, 0.717) is 37.0 Å². The Morgan fingerprint density at radius 1 is 1.23 bits per heavy atom. The molecule has 0 fully saturated rings. The van der Waals surface area contributed by atoms with Crippen LogP contribution in [0.3, 0.4) is 0 Å². The molecule has 8 heteroatoms. The maximum absolute atomic E-state index is 12.8. The van der Waals surface area contributed by atoms with Gasteiger partial charge in [-0.2, -0.15) is 0 Å². The third-order valence-corrected chi connectivity index (χ3v) is 5.11. The molecule has 2 aromatic heterocycles. The van der Waals surface area contributed by atoms with Crippen LogP contribution in [0.4, 0.5) is 11.5 Å². The second-order valence-electron chi connectivity index (χ2n) is 8.16. The summed E-state index contributed by atoms with van der Waals surface area (Å²) in [5, 5.41) is 0. The lowest BCUT2D eigenvalue weighted by atomic mass is 10.2. The monoisotopic (exact) mass is 425 g/mol. The number of oxazole rings is 1. The zero-order chi connectivity index (χ0) is 22.5. The van der Waals surface area contributed by atoms with Crippen LogP contribution in [0.1, 0.15) is 45.1 Å². The molecule has 0 amide bonds. The zero-order valence-electron chi connectivity index (χ0n) is 18.6. The van der Waals surface area contributed by atoms with E-state index in [2.05, 4.69) is 16.9 Å². The number of nitrogens with zero attached hydrogens (tertiary/aromatic N) is 3. The fourth-order valence-electron chi connectivity index (χ4n) is 3.51. The predicted octanol–water partition coefficient (Wildman–Crippen LogP) is 3.54. The number of aryl methyl sites for hydroxylation is 1. The average molecular weight is 426 g/mol. The van der Waals surface area contributed by atoms with Crippen LogP contribution in [0.15, 0.2) is 44.3 Å². The minimum absolute atomic E-state index is 0.183. The van der Waals surface area contributed by atoms with Gasteiger partial charge in [0.05, 0.1) is 6.54 Å². The first-order valence-corrected chi connectivity index (χ1v) is 10.7. The Kier molecular flexibility index (Phi) is 6.99. The highest BCUT2D eigenvalue weighted by Gasteiger charge is 2.22. The van der Waals surface area contributed by atoms with Crippen molar-refractivity contribution in [1.29, 1.82) is 0 Å². The van der Waals surface area contributed by atoms with E-state index in [0.717, 1.165) is 24.1 Å². The summed E-state index contributed by atoms with van der Waals surface area (Å²) in [6, 6.07) is 9.68. The van der Waals surface area contributed by atoms with Crippen LogP contribution in [-0.4, -0.2) is 21.1 Å². The molecule has 0 atom stereocenters. The average Bonchev–Trinajstić information content (AvgIpc) is 3.10. The molecule has 0 saturated heterocycles. The number of unbranched alkanes of at least 4 members (excludes halogenated alkanes) is 1. The van der Waals surface area contributed by atoms with Gasteiger partial charge in [0.1, 0.15) is 23.0 Å². The first kappa shape index (κ1) is 22.4. The molecule has 0 aliphatic heterocycles. The van der Waals surface area contributed by atoms with E-state index in [4.69, 9.17) is 10.2 Å². The van der Waals surface area contributed by atoms with Gasteiger partial charge in [0.2, 0.25) is 5.89 Å². The Morgan fingerprint density at radius 2 is 1.94 bits per heavy atom. The molecule has 31 heavy (non-hydrogen) atoms. The highest BCUT2D eigenvalue weighted by molar-refractivity contribution is 5.62. The van der Waals surface area contributed by atoms with Gasteiger partial charge < -0.3 is 15.1 Å². The molecule has 2 heterocycles. The number of hydrogen-bond acceptors (Lipinski definition) is 6. The van der Waals surface area contributed by atoms with Crippen molar-refractivity contribution in [2.75, 3.05) is 17.2 Å². The van der Waals surface area contributed by atoms with E-state index in [1.807, 2.05) is 56.0 Å². The number of nitrogens with two attached hydrogens (primary N) is 1. The lowest BCUT2D eigenvalue weighted by Gasteiger charge is -2.26. The quantitative estimate of drug-likeness (QED) is 0.542. The SMILES string of the molecule is CCCCN(Cc1nc(-c2ccccc2)oc1C)c1c(N)n(CC(C)C)c(=O)[nH]c1=O. The van der Waals surface area contributed by atoms with Gasteiger partial charge in [-0.05, 0) is 31.4 Å². The maximum Gasteiger partial charge on any atom is 0.330 e. The van der Waals surface area contributed by atoms with Crippen LogP contribution in [0.2, 0.25) is 0 Å². The maximum atomic E-state index is 12.8. The number of rotatable bonds is 9. The summed E-state index contributed by atoms with van der Waals surface area (Å²) in [7, 11) is 0. The summed E-state index contributed by atoms with van der Waals surface area (Å²) >= 11 is 0. The molecule has 0 saturated carbocycles. The second-order valence-corrected chi connectivity index (χ2v) is 8.16. The fourth-order valence-corrected chi connectivity index (χ4v) is 3.51. The zero-order valence-corrected chi connectivity index (χ0v) is 18.6. The first-order valence-electron chi connectivity index (χ1n) is 10.7. The minimum atomic E-state index is -0.487. The van der Waals surface area contributed by atoms with Gasteiger partial charge in [0, 0.05) is 18.7 Å². The smallest absolute Gasteiger partial charge is 0.330 e. The van der Waals surface area contributed by atoms with Crippen molar-refractivity contribution in [3.8, 4) is 11.5 Å². The van der Waals surface area contributed by atoms with E-state index < -0.39 is 11.2 Å². The Labute approximate surface area is 181 Å². The van der Waals surface area contributed by atoms with Crippen molar-refractivity contribution in [2.45, 2.75) is 53.6 Å². The topological polar surface area (TPSA) is 110 Å². The molecule has 166 valence electrons. The molecular formula is C23H31N5O3. The third-order valence-electron chi connectivity index (χ3n) is 5.11. The van der Waals surface area contributed by atoms with Crippen LogP contribution in [0.5, 0.6) is 0 Å². The highest BCUT2D eigenvalue weighted by atomic mass is 16.4. The van der Waals surface area contributed by atoms with Gasteiger partial charge in [-0.3, -0.25) is 14.3 Å². The Bertz CT molecular complexity index is 1130. The molecular weight excluding hydrogens is 394 g/mol. The molecule has 0 spiro atoms. The van der Waals surface area contributed by atoms with Crippen LogP contribution in [0.25, 0.3) is 11.5 Å². The number of nitrogen functional groups attached to an aromatic ring is 1. The van der Waals surface area contributed by atoms with Gasteiger partial charge in [-0.1, -0.05) is 45.4 Å². The van der Waals surface area contributed by atoms with Gasteiger partial charge in [0.25, 0.3) is 5.56 Å². The van der Waals surface area contributed by atoms with Gasteiger partial charge in [0.15, 0.2) is 0 Å².